The zero-order chi connectivity index (χ0) is 16.7. The van der Waals surface area contributed by atoms with Crippen LogP contribution in [0.3, 0.4) is 0 Å². The summed E-state index contributed by atoms with van der Waals surface area (Å²) in [5.74, 6) is 2.05. The van der Waals surface area contributed by atoms with Crippen LogP contribution < -0.4 is 10.1 Å². The van der Waals surface area contributed by atoms with Gasteiger partial charge in [-0.3, -0.25) is 4.79 Å². The summed E-state index contributed by atoms with van der Waals surface area (Å²) < 4.78 is 5.39. The van der Waals surface area contributed by atoms with Gasteiger partial charge >= 0.3 is 0 Å². The van der Waals surface area contributed by atoms with Crippen molar-refractivity contribution in [1.82, 2.24) is 5.32 Å². The lowest BCUT2D eigenvalue weighted by Crippen LogP contribution is -2.40. The lowest BCUT2D eigenvalue weighted by molar-refractivity contribution is -0.122. The van der Waals surface area contributed by atoms with Crippen LogP contribution >= 0.6 is 0 Å². The second-order valence-corrected chi connectivity index (χ2v) is 6.84. The summed E-state index contributed by atoms with van der Waals surface area (Å²) in [4.78, 5) is 12.3. The Balaban J connectivity index is 2.19. The zero-order valence-electron chi connectivity index (χ0n) is 14.8. The number of nitrogens with one attached hydrogen (secondary N) is 1. The first-order valence-electron chi connectivity index (χ1n) is 9.09. The first-order valence-corrected chi connectivity index (χ1v) is 9.09. The molecule has 0 heterocycles. The molecule has 1 amide bonds. The Morgan fingerprint density at radius 2 is 2.09 bits per heavy atom. The molecule has 0 aromatic heterocycles. The molecule has 1 aliphatic carbocycles. The van der Waals surface area contributed by atoms with Gasteiger partial charge < -0.3 is 10.1 Å². The predicted molar refractivity (Wildman–Crippen MR) is 94.8 cm³/mol. The maximum Gasteiger partial charge on any atom is 0.220 e. The van der Waals surface area contributed by atoms with E-state index in [0.29, 0.717) is 18.3 Å². The van der Waals surface area contributed by atoms with Crippen LogP contribution in [0.2, 0.25) is 0 Å². The molecule has 0 spiro atoms. The average Bonchev–Trinajstić information content (AvgIpc) is 2.74. The minimum atomic E-state index is 0.207. The normalized spacial score (nSPS) is 24.7. The molecule has 3 heteroatoms. The zero-order valence-corrected chi connectivity index (χ0v) is 14.8. The molecule has 1 aromatic carbocycles. The quantitative estimate of drug-likeness (QED) is 0.775. The van der Waals surface area contributed by atoms with Crippen LogP contribution in [0, 0.1) is 5.92 Å². The van der Waals surface area contributed by atoms with Gasteiger partial charge in [-0.1, -0.05) is 51.7 Å². The standard InChI is InChI=1S/C20H31NO2/c1-4-5-13-19(22)21-18-12-7-6-9-15(2)20(18)16-10-8-11-17(14-16)23-3/h8,10-11,14-15,18,20H,4-7,9,12-13H2,1-3H3,(H,21,22)/t15?,18?,20-/m1/s1. The van der Waals surface area contributed by atoms with E-state index < -0.39 is 0 Å². The van der Waals surface area contributed by atoms with Crippen molar-refractivity contribution in [2.24, 2.45) is 5.92 Å². The van der Waals surface area contributed by atoms with Gasteiger partial charge in [0.05, 0.1) is 7.11 Å². The molecule has 3 nitrogen and oxygen atoms in total. The third-order valence-electron chi connectivity index (χ3n) is 5.05. The van der Waals surface area contributed by atoms with Gasteiger partial charge in [0.2, 0.25) is 5.91 Å². The fourth-order valence-electron chi connectivity index (χ4n) is 3.77. The molecule has 1 saturated carbocycles. The number of ether oxygens (including phenoxy) is 1. The van der Waals surface area contributed by atoms with E-state index in [1.807, 2.05) is 6.07 Å². The minimum Gasteiger partial charge on any atom is -0.497 e. The Morgan fingerprint density at radius 1 is 1.30 bits per heavy atom. The van der Waals surface area contributed by atoms with Crippen LogP contribution in [-0.2, 0) is 4.79 Å². The molecule has 0 saturated heterocycles. The number of methoxy groups -OCH3 is 1. The molecule has 1 aliphatic rings. The molecule has 3 atom stereocenters. The van der Waals surface area contributed by atoms with Crippen LogP contribution in [0.5, 0.6) is 5.75 Å². The summed E-state index contributed by atoms with van der Waals surface area (Å²) in [5, 5.41) is 3.33. The second kappa shape index (κ2) is 8.95. The van der Waals surface area contributed by atoms with Crippen molar-refractivity contribution in [2.75, 3.05) is 7.11 Å². The molecule has 2 unspecified atom stereocenters. The summed E-state index contributed by atoms with van der Waals surface area (Å²) in [7, 11) is 1.71. The first-order chi connectivity index (χ1) is 11.2. The Morgan fingerprint density at radius 3 is 2.83 bits per heavy atom. The summed E-state index contributed by atoms with van der Waals surface area (Å²) in [6.07, 6.45) is 7.43. The smallest absolute Gasteiger partial charge is 0.220 e. The first kappa shape index (κ1) is 17.8. The van der Waals surface area contributed by atoms with E-state index >= 15 is 0 Å². The van der Waals surface area contributed by atoms with Crippen molar-refractivity contribution in [3.8, 4) is 5.75 Å². The van der Waals surface area contributed by atoms with Crippen LogP contribution in [0.4, 0.5) is 0 Å². The van der Waals surface area contributed by atoms with Gasteiger partial charge in [-0.2, -0.15) is 0 Å². The highest BCUT2D eigenvalue weighted by molar-refractivity contribution is 5.76. The minimum absolute atomic E-state index is 0.207. The Hall–Kier alpha value is -1.51. The lowest BCUT2D eigenvalue weighted by Gasteiger charge is -2.31. The molecule has 0 aliphatic heterocycles. The summed E-state index contributed by atoms with van der Waals surface area (Å²) in [6.45, 7) is 4.45. The van der Waals surface area contributed by atoms with Crippen molar-refractivity contribution in [1.29, 1.82) is 0 Å². The molecule has 0 bridgehead atoms. The SMILES string of the molecule is CCCCC(=O)NC1CCCCC(C)[C@@H]1c1cccc(OC)c1. The molecule has 0 radical (unpaired) electrons. The third-order valence-corrected chi connectivity index (χ3v) is 5.05. The number of carbonyl (C=O) groups is 1. The summed E-state index contributed by atoms with van der Waals surface area (Å²) >= 11 is 0. The predicted octanol–water partition coefficient (Wildman–Crippen LogP) is 4.66. The number of amides is 1. The largest absolute Gasteiger partial charge is 0.497 e. The fraction of sp³-hybridized carbons (Fsp3) is 0.650. The molecule has 2 rings (SSSR count). The van der Waals surface area contributed by atoms with Gasteiger partial charge in [0.15, 0.2) is 0 Å². The molecule has 1 aromatic rings. The molecule has 23 heavy (non-hydrogen) atoms. The van der Waals surface area contributed by atoms with Crippen molar-refractivity contribution in [3.05, 3.63) is 29.8 Å². The Bertz CT molecular complexity index is 500. The molecule has 1 N–H and O–H groups in total. The lowest BCUT2D eigenvalue weighted by atomic mass is 9.80. The number of benzene rings is 1. The van der Waals surface area contributed by atoms with Crippen LogP contribution in [0.15, 0.2) is 24.3 Å². The van der Waals surface area contributed by atoms with E-state index in [0.717, 1.165) is 25.0 Å². The van der Waals surface area contributed by atoms with Crippen LogP contribution in [-0.4, -0.2) is 19.1 Å². The van der Waals surface area contributed by atoms with Gasteiger partial charge in [0.1, 0.15) is 5.75 Å². The third kappa shape index (κ3) is 4.98. The Labute approximate surface area is 140 Å². The van der Waals surface area contributed by atoms with E-state index in [-0.39, 0.29) is 11.9 Å². The number of rotatable bonds is 6. The number of hydrogen-bond donors (Lipinski definition) is 1. The van der Waals surface area contributed by atoms with E-state index in [1.165, 1.54) is 24.8 Å². The summed E-state index contributed by atoms with van der Waals surface area (Å²) in [6, 6.07) is 8.60. The number of carbonyl (C=O) groups excluding carboxylic acids is 1. The topological polar surface area (TPSA) is 38.3 Å². The highest BCUT2D eigenvalue weighted by Crippen LogP contribution is 2.37. The van der Waals surface area contributed by atoms with Crippen LogP contribution in [0.25, 0.3) is 0 Å². The molecule has 1 fully saturated rings. The van der Waals surface area contributed by atoms with Crippen molar-refractivity contribution in [3.63, 3.8) is 0 Å². The number of unbranched alkanes of at least 4 members (excludes halogenated alkanes) is 1. The molecular formula is C20H31NO2. The van der Waals surface area contributed by atoms with Gasteiger partial charge in [-0.25, -0.2) is 0 Å². The maximum absolute atomic E-state index is 12.3. The van der Waals surface area contributed by atoms with E-state index in [2.05, 4.69) is 37.4 Å². The van der Waals surface area contributed by atoms with Gasteiger partial charge in [-0.05, 0) is 36.5 Å². The van der Waals surface area contributed by atoms with Crippen molar-refractivity contribution >= 4 is 5.91 Å². The fourth-order valence-corrected chi connectivity index (χ4v) is 3.77. The summed E-state index contributed by atoms with van der Waals surface area (Å²) in [5.41, 5.74) is 1.29. The highest BCUT2D eigenvalue weighted by atomic mass is 16.5. The van der Waals surface area contributed by atoms with E-state index in [4.69, 9.17) is 4.74 Å². The highest BCUT2D eigenvalue weighted by Gasteiger charge is 2.31. The second-order valence-electron chi connectivity index (χ2n) is 6.84. The van der Waals surface area contributed by atoms with Crippen molar-refractivity contribution < 1.29 is 9.53 Å². The van der Waals surface area contributed by atoms with E-state index in [1.54, 1.807) is 7.11 Å². The molecular weight excluding hydrogens is 286 g/mol. The van der Waals surface area contributed by atoms with E-state index in [9.17, 15) is 4.79 Å². The van der Waals surface area contributed by atoms with Gasteiger partial charge in [-0.15, -0.1) is 0 Å². The monoisotopic (exact) mass is 317 g/mol. The number of hydrogen-bond acceptors (Lipinski definition) is 2. The maximum atomic E-state index is 12.3. The average molecular weight is 317 g/mol. The Kier molecular flexibility index (Phi) is 6.94. The van der Waals surface area contributed by atoms with Gasteiger partial charge in [0, 0.05) is 18.4 Å². The van der Waals surface area contributed by atoms with Crippen molar-refractivity contribution in [2.45, 2.75) is 70.8 Å². The van der Waals surface area contributed by atoms with Gasteiger partial charge in [0.25, 0.3) is 0 Å². The molecule has 128 valence electrons. The van der Waals surface area contributed by atoms with Crippen LogP contribution in [0.1, 0.15) is 70.3 Å².